The molecule has 0 saturated carbocycles. The normalized spacial score (nSPS) is 17.2. The molecule has 2 aromatic carbocycles. The molecule has 5 nitrogen and oxygen atoms in total. The summed E-state index contributed by atoms with van der Waals surface area (Å²) in [5.41, 5.74) is 1.30. The molecule has 31 heavy (non-hydrogen) atoms. The molecule has 1 atom stereocenters. The summed E-state index contributed by atoms with van der Waals surface area (Å²) in [6.45, 7) is 6.89. The lowest BCUT2D eigenvalue weighted by molar-refractivity contribution is 0.0355. The second-order valence-corrected chi connectivity index (χ2v) is 7.95. The predicted molar refractivity (Wildman–Crippen MR) is 120 cm³/mol. The van der Waals surface area contributed by atoms with E-state index in [1.165, 1.54) is 11.6 Å². The molecule has 3 rings (SSSR count). The number of rotatable bonds is 8. The molecule has 7 heteroatoms. The van der Waals surface area contributed by atoms with Gasteiger partial charge in [-0.2, -0.15) is 0 Å². The Kier molecular flexibility index (Phi) is 8.37. The van der Waals surface area contributed by atoms with E-state index >= 15 is 0 Å². The van der Waals surface area contributed by atoms with Crippen molar-refractivity contribution in [3.8, 4) is 0 Å². The number of guanidine groups is 1. The van der Waals surface area contributed by atoms with Crippen molar-refractivity contribution in [3.63, 3.8) is 0 Å². The van der Waals surface area contributed by atoms with Crippen LogP contribution < -0.4 is 16.0 Å². The first kappa shape index (κ1) is 23.2. The number of hydrogen-bond donors (Lipinski definition) is 3. The van der Waals surface area contributed by atoms with Crippen LogP contribution >= 0.6 is 0 Å². The van der Waals surface area contributed by atoms with Gasteiger partial charge in [0.25, 0.3) is 0 Å². The third kappa shape index (κ3) is 6.74. The van der Waals surface area contributed by atoms with E-state index in [0.29, 0.717) is 32.3 Å². The molecule has 0 radical (unpaired) electrons. The van der Waals surface area contributed by atoms with Crippen LogP contribution in [0.25, 0.3) is 0 Å². The molecule has 2 aromatic rings. The standard InChI is InChI=1S/C24H32F2N4O/c1-3-27-23(28-16-20-15-21(25)9-10-22(20)26)29-17-24(11-13-31-14-12-24)30-18(2)19-7-5-4-6-8-19/h4-10,15,18,30H,3,11-14,16-17H2,1-2H3,(H2,27,28,29). The highest BCUT2D eigenvalue weighted by Crippen LogP contribution is 2.25. The zero-order chi connectivity index (χ0) is 22.1. The maximum atomic E-state index is 13.9. The molecule has 1 saturated heterocycles. The smallest absolute Gasteiger partial charge is 0.191 e. The SMILES string of the molecule is CCNC(=NCc1cc(F)ccc1F)NCC1(NC(C)c2ccccc2)CCOCC1. The van der Waals surface area contributed by atoms with Crippen molar-refractivity contribution >= 4 is 5.96 Å². The average molecular weight is 431 g/mol. The maximum Gasteiger partial charge on any atom is 0.191 e. The number of aliphatic imine (C=N–C) groups is 1. The molecule has 0 aliphatic carbocycles. The number of benzene rings is 2. The topological polar surface area (TPSA) is 57.7 Å². The van der Waals surface area contributed by atoms with Gasteiger partial charge in [0, 0.05) is 43.4 Å². The fourth-order valence-corrected chi connectivity index (χ4v) is 3.84. The quantitative estimate of drug-likeness (QED) is 0.439. The summed E-state index contributed by atoms with van der Waals surface area (Å²) in [7, 11) is 0. The molecule has 0 amide bonds. The van der Waals surface area contributed by atoms with Gasteiger partial charge in [-0.3, -0.25) is 0 Å². The van der Waals surface area contributed by atoms with Gasteiger partial charge in [-0.15, -0.1) is 0 Å². The summed E-state index contributed by atoms with van der Waals surface area (Å²) in [5, 5.41) is 10.4. The molecule has 1 aliphatic heterocycles. The van der Waals surface area contributed by atoms with Crippen molar-refractivity contribution in [2.75, 3.05) is 26.3 Å². The second kappa shape index (κ2) is 11.2. The van der Waals surface area contributed by atoms with E-state index in [4.69, 9.17) is 4.74 Å². The van der Waals surface area contributed by atoms with Gasteiger partial charge in [-0.05, 0) is 50.5 Å². The van der Waals surface area contributed by atoms with E-state index in [2.05, 4.69) is 40.0 Å². The van der Waals surface area contributed by atoms with Crippen LogP contribution in [0.4, 0.5) is 8.78 Å². The summed E-state index contributed by atoms with van der Waals surface area (Å²) in [4.78, 5) is 4.47. The zero-order valence-electron chi connectivity index (χ0n) is 18.3. The molecule has 0 aromatic heterocycles. The molecule has 1 heterocycles. The highest BCUT2D eigenvalue weighted by Gasteiger charge is 2.34. The fourth-order valence-electron chi connectivity index (χ4n) is 3.84. The molecular weight excluding hydrogens is 398 g/mol. The number of ether oxygens (including phenoxy) is 1. The van der Waals surface area contributed by atoms with Gasteiger partial charge < -0.3 is 20.7 Å². The Morgan fingerprint density at radius 3 is 2.55 bits per heavy atom. The number of hydrogen-bond acceptors (Lipinski definition) is 3. The van der Waals surface area contributed by atoms with E-state index < -0.39 is 11.6 Å². The van der Waals surface area contributed by atoms with E-state index in [-0.39, 0.29) is 23.7 Å². The third-order valence-electron chi connectivity index (χ3n) is 5.63. The minimum absolute atomic E-state index is 0.0584. The van der Waals surface area contributed by atoms with Crippen molar-refractivity contribution < 1.29 is 13.5 Å². The minimum Gasteiger partial charge on any atom is -0.381 e. The van der Waals surface area contributed by atoms with Gasteiger partial charge in [0.05, 0.1) is 6.54 Å². The van der Waals surface area contributed by atoms with Gasteiger partial charge in [-0.1, -0.05) is 30.3 Å². The minimum atomic E-state index is -0.468. The number of nitrogens with one attached hydrogen (secondary N) is 3. The largest absolute Gasteiger partial charge is 0.381 e. The van der Waals surface area contributed by atoms with Crippen molar-refractivity contribution in [2.24, 2.45) is 4.99 Å². The van der Waals surface area contributed by atoms with Crippen LogP contribution in [0.3, 0.4) is 0 Å². The first-order valence-electron chi connectivity index (χ1n) is 10.9. The monoisotopic (exact) mass is 430 g/mol. The molecule has 168 valence electrons. The summed E-state index contributed by atoms with van der Waals surface area (Å²) < 4.78 is 33.0. The van der Waals surface area contributed by atoms with Crippen molar-refractivity contribution in [1.82, 2.24) is 16.0 Å². The Morgan fingerprint density at radius 1 is 1.10 bits per heavy atom. The van der Waals surface area contributed by atoms with E-state index in [0.717, 1.165) is 25.0 Å². The first-order valence-corrected chi connectivity index (χ1v) is 10.9. The van der Waals surface area contributed by atoms with Crippen LogP contribution in [0.1, 0.15) is 43.9 Å². The van der Waals surface area contributed by atoms with Crippen LogP contribution in [-0.2, 0) is 11.3 Å². The van der Waals surface area contributed by atoms with Gasteiger partial charge >= 0.3 is 0 Å². The van der Waals surface area contributed by atoms with E-state index in [1.54, 1.807) is 0 Å². The number of halogens is 2. The molecule has 0 spiro atoms. The molecule has 3 N–H and O–H groups in total. The molecule has 1 unspecified atom stereocenters. The predicted octanol–water partition coefficient (Wildman–Crippen LogP) is 3.92. The Bertz CT molecular complexity index is 854. The maximum absolute atomic E-state index is 13.9. The van der Waals surface area contributed by atoms with Crippen molar-refractivity contribution in [1.29, 1.82) is 0 Å². The van der Waals surface area contributed by atoms with Crippen LogP contribution in [0.15, 0.2) is 53.5 Å². The van der Waals surface area contributed by atoms with Gasteiger partial charge in [0.15, 0.2) is 5.96 Å². The van der Waals surface area contributed by atoms with E-state index in [9.17, 15) is 8.78 Å². The Labute approximate surface area is 183 Å². The summed E-state index contributed by atoms with van der Waals surface area (Å²) in [6.07, 6.45) is 1.74. The lowest BCUT2D eigenvalue weighted by Gasteiger charge is -2.41. The van der Waals surface area contributed by atoms with Crippen molar-refractivity contribution in [2.45, 2.75) is 44.8 Å². The second-order valence-electron chi connectivity index (χ2n) is 7.95. The molecule has 0 bridgehead atoms. The third-order valence-corrected chi connectivity index (χ3v) is 5.63. The van der Waals surface area contributed by atoms with E-state index in [1.807, 2.05) is 25.1 Å². The Hall–Kier alpha value is -2.51. The van der Waals surface area contributed by atoms with Crippen LogP contribution in [0.2, 0.25) is 0 Å². The average Bonchev–Trinajstić information content (AvgIpc) is 2.79. The van der Waals surface area contributed by atoms with Gasteiger partial charge in [-0.25, -0.2) is 13.8 Å². The lowest BCUT2D eigenvalue weighted by Crippen LogP contribution is -2.58. The highest BCUT2D eigenvalue weighted by molar-refractivity contribution is 5.79. The summed E-state index contributed by atoms with van der Waals surface area (Å²) >= 11 is 0. The highest BCUT2D eigenvalue weighted by atomic mass is 19.1. The van der Waals surface area contributed by atoms with Gasteiger partial charge in [0.2, 0.25) is 0 Å². The van der Waals surface area contributed by atoms with Crippen LogP contribution in [-0.4, -0.2) is 37.8 Å². The van der Waals surface area contributed by atoms with Crippen LogP contribution in [0, 0.1) is 11.6 Å². The molecular formula is C24H32F2N4O. The Balaban J connectivity index is 1.69. The fraction of sp³-hybridized carbons (Fsp3) is 0.458. The van der Waals surface area contributed by atoms with Crippen molar-refractivity contribution in [3.05, 3.63) is 71.3 Å². The Morgan fingerprint density at radius 2 is 1.84 bits per heavy atom. The lowest BCUT2D eigenvalue weighted by atomic mass is 9.88. The summed E-state index contributed by atoms with van der Waals surface area (Å²) in [6, 6.07) is 14.0. The van der Waals surface area contributed by atoms with Crippen LogP contribution in [0.5, 0.6) is 0 Å². The molecule has 1 fully saturated rings. The zero-order valence-corrected chi connectivity index (χ0v) is 18.3. The van der Waals surface area contributed by atoms with Gasteiger partial charge in [0.1, 0.15) is 11.6 Å². The first-order chi connectivity index (χ1) is 15.0. The molecule has 1 aliphatic rings. The number of nitrogens with zero attached hydrogens (tertiary/aromatic N) is 1. The summed E-state index contributed by atoms with van der Waals surface area (Å²) in [5.74, 6) is -0.351.